The molecule has 2 rings (SSSR count). The van der Waals surface area contributed by atoms with Gasteiger partial charge >= 0.3 is 5.97 Å². The first-order valence-corrected chi connectivity index (χ1v) is 8.48. The predicted molar refractivity (Wildman–Crippen MR) is 95.7 cm³/mol. The number of aromatic hydroxyl groups is 1. The normalized spacial score (nSPS) is 11.6. The highest BCUT2D eigenvalue weighted by atomic mass is 32.1. The van der Waals surface area contributed by atoms with Gasteiger partial charge in [-0.1, -0.05) is 6.08 Å². The Morgan fingerprint density at radius 2 is 2.12 bits per heavy atom. The Balaban J connectivity index is 2.12. The lowest BCUT2D eigenvalue weighted by molar-refractivity contribution is -0.144. The molecule has 8 heteroatoms. The van der Waals surface area contributed by atoms with E-state index in [9.17, 15) is 19.1 Å². The van der Waals surface area contributed by atoms with E-state index in [2.05, 4.69) is 16.6 Å². The quantitative estimate of drug-likeness (QED) is 0.419. The molecule has 0 aliphatic rings. The summed E-state index contributed by atoms with van der Waals surface area (Å²) >= 11 is 1.13. The number of hydrogen-bond donors (Lipinski definition) is 2. The molecule has 0 aliphatic heterocycles. The van der Waals surface area contributed by atoms with Gasteiger partial charge in [-0.05, 0) is 34.7 Å². The maximum absolute atomic E-state index is 13.4. The molecule has 0 fully saturated rings. The zero-order chi connectivity index (χ0) is 19.1. The van der Waals surface area contributed by atoms with Crippen molar-refractivity contribution in [3.63, 3.8) is 0 Å². The van der Waals surface area contributed by atoms with E-state index in [-0.39, 0.29) is 19.0 Å². The number of halogens is 1. The van der Waals surface area contributed by atoms with Crippen LogP contribution in [-0.2, 0) is 14.3 Å². The summed E-state index contributed by atoms with van der Waals surface area (Å²) < 4.78 is 23.3. The second-order valence-electron chi connectivity index (χ2n) is 5.27. The largest absolute Gasteiger partial charge is 0.508 e. The summed E-state index contributed by atoms with van der Waals surface area (Å²) in [5.74, 6) is -1.90. The third-order valence-electron chi connectivity index (χ3n) is 3.35. The van der Waals surface area contributed by atoms with Crippen molar-refractivity contribution in [3.05, 3.63) is 53.0 Å². The minimum atomic E-state index is -0.962. The molecule has 1 heterocycles. The van der Waals surface area contributed by atoms with Gasteiger partial charge in [0.2, 0.25) is 0 Å². The standard InChI is InChI=1S/C18H18FNO5S/c1-3-4-25-9-15(18(23)24-2)20-17(22)16-7-12(10-26-16)11-5-13(19)8-14(21)6-11/h3,5-8,10,15,21H,1,4,9H2,2H3,(H,20,22). The van der Waals surface area contributed by atoms with Crippen LogP contribution in [0.15, 0.2) is 42.3 Å². The third kappa shape index (κ3) is 5.14. The van der Waals surface area contributed by atoms with Crippen molar-refractivity contribution >= 4 is 23.2 Å². The molecule has 26 heavy (non-hydrogen) atoms. The van der Waals surface area contributed by atoms with E-state index in [1.807, 2.05) is 0 Å². The van der Waals surface area contributed by atoms with Crippen molar-refractivity contribution < 1.29 is 28.6 Å². The number of hydrogen-bond acceptors (Lipinski definition) is 6. The SMILES string of the molecule is C=CCOCC(NC(=O)c1cc(-c2cc(O)cc(F)c2)cs1)C(=O)OC. The Labute approximate surface area is 153 Å². The molecule has 138 valence electrons. The van der Waals surface area contributed by atoms with Crippen LogP contribution in [0.3, 0.4) is 0 Å². The van der Waals surface area contributed by atoms with Gasteiger partial charge in [-0.2, -0.15) is 0 Å². The number of esters is 1. The van der Waals surface area contributed by atoms with E-state index in [0.717, 1.165) is 17.4 Å². The van der Waals surface area contributed by atoms with Crippen LogP contribution in [0.5, 0.6) is 5.75 Å². The highest BCUT2D eigenvalue weighted by Crippen LogP contribution is 2.29. The Hall–Kier alpha value is -2.71. The summed E-state index contributed by atoms with van der Waals surface area (Å²) in [6.07, 6.45) is 1.52. The summed E-state index contributed by atoms with van der Waals surface area (Å²) in [6, 6.07) is 4.23. The van der Waals surface area contributed by atoms with Crippen LogP contribution >= 0.6 is 11.3 Å². The van der Waals surface area contributed by atoms with Crippen molar-refractivity contribution in [1.82, 2.24) is 5.32 Å². The Morgan fingerprint density at radius 3 is 2.77 bits per heavy atom. The lowest BCUT2D eigenvalue weighted by atomic mass is 10.1. The van der Waals surface area contributed by atoms with E-state index in [1.54, 1.807) is 11.4 Å². The van der Waals surface area contributed by atoms with Crippen molar-refractivity contribution in [2.24, 2.45) is 0 Å². The number of carbonyl (C=O) groups excluding carboxylic acids is 2. The monoisotopic (exact) mass is 379 g/mol. The molecule has 1 unspecified atom stereocenters. The van der Waals surface area contributed by atoms with Crippen LogP contribution in [0.2, 0.25) is 0 Å². The topological polar surface area (TPSA) is 84.9 Å². The van der Waals surface area contributed by atoms with Crippen molar-refractivity contribution in [2.45, 2.75) is 6.04 Å². The maximum atomic E-state index is 13.4. The number of thiophene rings is 1. The van der Waals surface area contributed by atoms with E-state index in [1.165, 1.54) is 25.3 Å². The molecule has 1 atom stereocenters. The fourth-order valence-electron chi connectivity index (χ4n) is 2.16. The molecule has 0 aliphatic carbocycles. The summed E-state index contributed by atoms with van der Waals surface area (Å²) in [7, 11) is 1.22. The fourth-order valence-corrected chi connectivity index (χ4v) is 2.98. The molecule has 2 aromatic rings. The Morgan fingerprint density at radius 1 is 1.35 bits per heavy atom. The van der Waals surface area contributed by atoms with Gasteiger partial charge in [0, 0.05) is 6.07 Å². The highest BCUT2D eigenvalue weighted by Gasteiger charge is 2.23. The molecular formula is C18H18FNO5S. The summed E-state index contributed by atoms with van der Waals surface area (Å²) in [4.78, 5) is 24.5. The van der Waals surface area contributed by atoms with Crippen LogP contribution in [0.1, 0.15) is 9.67 Å². The van der Waals surface area contributed by atoms with Crippen LogP contribution in [0, 0.1) is 5.82 Å². The van der Waals surface area contributed by atoms with Gasteiger partial charge in [0.1, 0.15) is 11.6 Å². The lowest BCUT2D eigenvalue weighted by Crippen LogP contribution is -2.44. The number of methoxy groups -OCH3 is 1. The molecule has 1 aromatic heterocycles. The zero-order valence-corrected chi connectivity index (χ0v) is 14.8. The van der Waals surface area contributed by atoms with Gasteiger partial charge in [0.25, 0.3) is 5.91 Å². The summed E-state index contributed by atoms with van der Waals surface area (Å²) in [5.41, 5.74) is 1.02. The summed E-state index contributed by atoms with van der Waals surface area (Å²) in [5, 5.41) is 13.7. The number of phenols is 1. The minimum absolute atomic E-state index is 0.0551. The number of benzene rings is 1. The second-order valence-corrected chi connectivity index (χ2v) is 6.18. The first-order valence-electron chi connectivity index (χ1n) is 7.60. The van der Waals surface area contributed by atoms with Crippen molar-refractivity contribution in [1.29, 1.82) is 0 Å². The molecule has 0 radical (unpaired) electrons. The van der Waals surface area contributed by atoms with Crippen molar-refractivity contribution in [2.75, 3.05) is 20.3 Å². The van der Waals surface area contributed by atoms with Crippen molar-refractivity contribution in [3.8, 4) is 16.9 Å². The van der Waals surface area contributed by atoms with Crippen LogP contribution in [0.25, 0.3) is 11.1 Å². The average molecular weight is 379 g/mol. The molecule has 1 amide bonds. The molecule has 6 nitrogen and oxygen atoms in total. The van der Waals surface area contributed by atoms with Gasteiger partial charge in [-0.15, -0.1) is 17.9 Å². The zero-order valence-electron chi connectivity index (χ0n) is 14.0. The molecule has 0 bridgehead atoms. The summed E-state index contributed by atoms with van der Waals surface area (Å²) in [6.45, 7) is 3.68. The highest BCUT2D eigenvalue weighted by molar-refractivity contribution is 7.12. The van der Waals surface area contributed by atoms with Gasteiger partial charge in [-0.25, -0.2) is 9.18 Å². The molecule has 2 N–H and O–H groups in total. The number of rotatable bonds is 8. The Kier molecular flexibility index (Phi) is 6.88. The number of carbonyl (C=O) groups is 2. The second kappa shape index (κ2) is 9.12. The van der Waals surface area contributed by atoms with Crippen LogP contribution < -0.4 is 5.32 Å². The molecule has 1 aromatic carbocycles. The minimum Gasteiger partial charge on any atom is -0.508 e. The van der Waals surface area contributed by atoms with Gasteiger partial charge in [-0.3, -0.25) is 4.79 Å². The van der Waals surface area contributed by atoms with Crippen LogP contribution in [-0.4, -0.2) is 43.3 Å². The number of nitrogens with one attached hydrogen (secondary N) is 1. The fraction of sp³-hybridized carbons (Fsp3) is 0.222. The first-order chi connectivity index (χ1) is 12.4. The molecule has 0 spiro atoms. The molecular weight excluding hydrogens is 361 g/mol. The van der Waals surface area contributed by atoms with Gasteiger partial charge in [0.05, 0.1) is 25.2 Å². The predicted octanol–water partition coefficient (Wildman–Crippen LogP) is 2.73. The van der Waals surface area contributed by atoms with E-state index >= 15 is 0 Å². The number of phenolic OH excluding ortho intramolecular Hbond substituents is 1. The van der Waals surface area contributed by atoms with Crippen LogP contribution in [0.4, 0.5) is 4.39 Å². The smallest absolute Gasteiger partial charge is 0.330 e. The first kappa shape index (κ1) is 19.6. The molecule has 0 saturated heterocycles. The van der Waals surface area contributed by atoms with E-state index in [4.69, 9.17) is 4.74 Å². The molecule has 0 saturated carbocycles. The van der Waals surface area contributed by atoms with E-state index < -0.39 is 23.7 Å². The third-order valence-corrected chi connectivity index (χ3v) is 4.28. The average Bonchev–Trinajstić information content (AvgIpc) is 3.09. The maximum Gasteiger partial charge on any atom is 0.330 e. The van der Waals surface area contributed by atoms with E-state index in [0.29, 0.717) is 16.0 Å². The lowest BCUT2D eigenvalue weighted by Gasteiger charge is -2.15. The Bertz CT molecular complexity index is 784. The number of ether oxygens (including phenoxy) is 2. The number of amides is 1. The van der Waals surface area contributed by atoms with Gasteiger partial charge < -0.3 is 19.9 Å². The van der Waals surface area contributed by atoms with Gasteiger partial charge in [0.15, 0.2) is 6.04 Å².